The molecule has 110 valence electrons. The van der Waals surface area contributed by atoms with Crippen LogP contribution in [0.25, 0.3) is 0 Å². The van der Waals surface area contributed by atoms with E-state index in [1.54, 1.807) is 12.3 Å². The Labute approximate surface area is 119 Å². The van der Waals surface area contributed by atoms with E-state index in [1.165, 1.54) is 7.11 Å². The minimum Gasteiger partial charge on any atom is -0.469 e. The Kier molecular flexibility index (Phi) is 6.49. The Balaban J connectivity index is 2.52. The number of nitrogens with one attached hydrogen (secondary N) is 1. The predicted molar refractivity (Wildman–Crippen MR) is 77.7 cm³/mol. The molecule has 0 atom stereocenters. The topological polar surface area (TPSA) is 71.5 Å². The van der Waals surface area contributed by atoms with Crippen molar-refractivity contribution in [3.05, 3.63) is 18.3 Å². The van der Waals surface area contributed by atoms with Crippen LogP contribution in [0.3, 0.4) is 0 Å². The number of hydrogen-bond donors (Lipinski definition) is 1. The molecule has 6 nitrogen and oxygen atoms in total. The number of anilines is 2. The Morgan fingerprint density at radius 2 is 1.95 bits per heavy atom. The number of carbonyl (C=O) groups excluding carboxylic acids is 2. The highest BCUT2D eigenvalue weighted by molar-refractivity contribution is 5.92. The SMILES string of the molecule is CCN(CC)c1ccc(NC(=O)CCC(=O)OC)cn1. The van der Waals surface area contributed by atoms with Crippen LogP contribution in [0.4, 0.5) is 11.5 Å². The number of hydrogen-bond acceptors (Lipinski definition) is 5. The highest BCUT2D eigenvalue weighted by atomic mass is 16.5. The molecule has 0 fully saturated rings. The summed E-state index contributed by atoms with van der Waals surface area (Å²) in [6.45, 7) is 5.89. The largest absolute Gasteiger partial charge is 0.469 e. The molecule has 0 radical (unpaired) electrons. The lowest BCUT2D eigenvalue weighted by atomic mass is 10.3. The summed E-state index contributed by atoms with van der Waals surface area (Å²) in [5.41, 5.74) is 0.621. The fraction of sp³-hybridized carbons (Fsp3) is 0.500. The molecule has 0 unspecified atom stereocenters. The summed E-state index contributed by atoms with van der Waals surface area (Å²) in [6.07, 6.45) is 1.79. The Hall–Kier alpha value is -2.11. The van der Waals surface area contributed by atoms with E-state index < -0.39 is 5.97 Å². The summed E-state index contributed by atoms with van der Waals surface area (Å²) in [5, 5.41) is 2.70. The van der Waals surface area contributed by atoms with Crippen LogP contribution in [-0.2, 0) is 14.3 Å². The lowest BCUT2D eigenvalue weighted by Gasteiger charge is -2.19. The average molecular weight is 279 g/mol. The van der Waals surface area contributed by atoms with E-state index in [-0.39, 0.29) is 18.7 Å². The van der Waals surface area contributed by atoms with Gasteiger partial charge in [-0.1, -0.05) is 0 Å². The molecule has 1 aromatic rings. The molecule has 20 heavy (non-hydrogen) atoms. The van der Waals surface area contributed by atoms with Crippen LogP contribution in [-0.4, -0.2) is 37.1 Å². The summed E-state index contributed by atoms with van der Waals surface area (Å²) < 4.78 is 4.48. The fourth-order valence-corrected chi connectivity index (χ4v) is 1.74. The van der Waals surface area contributed by atoms with Gasteiger partial charge in [0, 0.05) is 19.5 Å². The number of aromatic nitrogens is 1. The van der Waals surface area contributed by atoms with Crippen molar-refractivity contribution in [2.45, 2.75) is 26.7 Å². The molecule has 0 saturated carbocycles. The van der Waals surface area contributed by atoms with Crippen molar-refractivity contribution >= 4 is 23.4 Å². The fourth-order valence-electron chi connectivity index (χ4n) is 1.74. The van der Waals surface area contributed by atoms with Gasteiger partial charge in [-0.05, 0) is 26.0 Å². The summed E-state index contributed by atoms with van der Waals surface area (Å²) >= 11 is 0. The van der Waals surface area contributed by atoms with Gasteiger partial charge in [0.15, 0.2) is 0 Å². The highest BCUT2D eigenvalue weighted by Crippen LogP contribution is 2.14. The van der Waals surface area contributed by atoms with Gasteiger partial charge in [-0.25, -0.2) is 4.98 Å². The standard InChI is InChI=1S/C14H21N3O3/c1-4-17(5-2)12-7-6-11(10-15-12)16-13(18)8-9-14(19)20-3/h6-7,10H,4-5,8-9H2,1-3H3,(H,16,18). The molecular weight excluding hydrogens is 258 g/mol. The van der Waals surface area contributed by atoms with Crippen molar-refractivity contribution in [1.29, 1.82) is 0 Å². The number of nitrogens with zero attached hydrogens (tertiary/aromatic N) is 2. The van der Waals surface area contributed by atoms with Crippen LogP contribution in [0.5, 0.6) is 0 Å². The summed E-state index contributed by atoms with van der Waals surface area (Å²) in [5.74, 6) is 0.255. The third-order valence-electron chi connectivity index (χ3n) is 2.90. The minimum atomic E-state index is -0.393. The molecular formula is C14H21N3O3. The quantitative estimate of drug-likeness (QED) is 0.771. The molecule has 0 aromatic carbocycles. The van der Waals surface area contributed by atoms with Crippen LogP contribution in [0, 0.1) is 0 Å². The molecule has 0 aliphatic rings. The summed E-state index contributed by atoms with van der Waals surface area (Å²) in [4.78, 5) is 29.0. The number of amides is 1. The van der Waals surface area contributed by atoms with Crippen LogP contribution in [0.1, 0.15) is 26.7 Å². The van der Waals surface area contributed by atoms with E-state index in [9.17, 15) is 9.59 Å². The smallest absolute Gasteiger partial charge is 0.306 e. The summed E-state index contributed by atoms with van der Waals surface area (Å²) in [6, 6.07) is 3.67. The van der Waals surface area contributed by atoms with Crippen molar-refractivity contribution in [2.75, 3.05) is 30.4 Å². The van der Waals surface area contributed by atoms with Gasteiger partial charge in [-0.2, -0.15) is 0 Å². The van der Waals surface area contributed by atoms with Gasteiger partial charge in [-0.3, -0.25) is 9.59 Å². The zero-order chi connectivity index (χ0) is 15.0. The van der Waals surface area contributed by atoms with Gasteiger partial charge in [0.1, 0.15) is 5.82 Å². The molecule has 1 N–H and O–H groups in total. The number of ether oxygens (including phenoxy) is 1. The number of rotatable bonds is 7. The predicted octanol–water partition coefficient (Wildman–Crippen LogP) is 1.82. The number of esters is 1. The molecule has 0 spiro atoms. The second-order valence-electron chi connectivity index (χ2n) is 4.20. The normalized spacial score (nSPS) is 9.95. The van der Waals surface area contributed by atoms with Crippen molar-refractivity contribution in [3.63, 3.8) is 0 Å². The Morgan fingerprint density at radius 3 is 2.45 bits per heavy atom. The first kappa shape index (κ1) is 15.9. The second-order valence-corrected chi connectivity index (χ2v) is 4.20. The lowest BCUT2D eigenvalue weighted by molar-refractivity contribution is -0.141. The van der Waals surface area contributed by atoms with Crippen molar-refractivity contribution < 1.29 is 14.3 Å². The third kappa shape index (κ3) is 4.87. The first-order valence-corrected chi connectivity index (χ1v) is 6.68. The van der Waals surface area contributed by atoms with Gasteiger partial charge < -0.3 is 15.0 Å². The van der Waals surface area contributed by atoms with E-state index in [4.69, 9.17) is 0 Å². The molecule has 0 saturated heterocycles. The van der Waals surface area contributed by atoms with Crippen LogP contribution in [0.2, 0.25) is 0 Å². The van der Waals surface area contributed by atoms with Crippen LogP contribution in [0.15, 0.2) is 18.3 Å². The molecule has 1 heterocycles. The number of pyridine rings is 1. The average Bonchev–Trinajstić information content (AvgIpc) is 2.47. The third-order valence-corrected chi connectivity index (χ3v) is 2.90. The van der Waals surface area contributed by atoms with Gasteiger partial charge in [0.25, 0.3) is 0 Å². The van der Waals surface area contributed by atoms with Gasteiger partial charge in [0.2, 0.25) is 5.91 Å². The first-order valence-electron chi connectivity index (χ1n) is 6.68. The van der Waals surface area contributed by atoms with E-state index in [2.05, 4.69) is 33.8 Å². The highest BCUT2D eigenvalue weighted by Gasteiger charge is 2.08. The van der Waals surface area contributed by atoms with Crippen molar-refractivity contribution in [2.24, 2.45) is 0 Å². The van der Waals surface area contributed by atoms with Gasteiger partial charge >= 0.3 is 5.97 Å². The van der Waals surface area contributed by atoms with E-state index in [1.807, 2.05) is 6.07 Å². The number of carbonyl (C=O) groups is 2. The van der Waals surface area contributed by atoms with E-state index in [0.717, 1.165) is 18.9 Å². The van der Waals surface area contributed by atoms with Gasteiger partial charge in [-0.15, -0.1) is 0 Å². The Bertz CT molecular complexity index is 441. The molecule has 1 amide bonds. The second kappa shape index (κ2) is 8.14. The zero-order valence-corrected chi connectivity index (χ0v) is 12.2. The maximum atomic E-state index is 11.6. The minimum absolute atomic E-state index is 0.0767. The van der Waals surface area contributed by atoms with Crippen LogP contribution < -0.4 is 10.2 Å². The molecule has 0 aliphatic carbocycles. The first-order chi connectivity index (χ1) is 9.60. The van der Waals surface area contributed by atoms with E-state index in [0.29, 0.717) is 5.69 Å². The maximum absolute atomic E-state index is 11.6. The molecule has 0 aliphatic heterocycles. The molecule has 1 rings (SSSR count). The monoisotopic (exact) mass is 279 g/mol. The van der Waals surface area contributed by atoms with Crippen molar-refractivity contribution in [1.82, 2.24) is 4.98 Å². The molecule has 6 heteroatoms. The lowest BCUT2D eigenvalue weighted by Crippen LogP contribution is -2.23. The maximum Gasteiger partial charge on any atom is 0.306 e. The Morgan fingerprint density at radius 1 is 1.25 bits per heavy atom. The van der Waals surface area contributed by atoms with Gasteiger partial charge in [0.05, 0.1) is 25.4 Å². The molecule has 1 aromatic heterocycles. The molecule has 0 bridgehead atoms. The van der Waals surface area contributed by atoms with Crippen LogP contribution >= 0.6 is 0 Å². The number of methoxy groups -OCH3 is 1. The van der Waals surface area contributed by atoms with Crippen molar-refractivity contribution in [3.8, 4) is 0 Å². The van der Waals surface area contributed by atoms with E-state index >= 15 is 0 Å². The summed E-state index contributed by atoms with van der Waals surface area (Å²) in [7, 11) is 1.30. The zero-order valence-electron chi connectivity index (χ0n) is 12.2.